The van der Waals surface area contributed by atoms with Crippen LogP contribution in [0.1, 0.15) is 29.8 Å². The van der Waals surface area contributed by atoms with Crippen LogP contribution < -0.4 is 5.32 Å². The molecule has 2 nitrogen and oxygen atoms in total. The average molecular weight is 262 g/mol. The summed E-state index contributed by atoms with van der Waals surface area (Å²) in [6, 6.07) is 2.36. The Morgan fingerprint density at radius 2 is 2.00 bits per heavy atom. The van der Waals surface area contributed by atoms with E-state index in [1.165, 1.54) is 13.0 Å². The standard InChI is InChI=1S/C12H14ClF2NO/c1-7-4-5-8(14)9(10(7)15)11(17)16-12(2,3)6-13/h4-5H,6H2,1-3H3,(H,16,17). The van der Waals surface area contributed by atoms with Crippen LogP contribution in [0.3, 0.4) is 0 Å². The lowest BCUT2D eigenvalue weighted by Crippen LogP contribution is -2.45. The number of nitrogens with one attached hydrogen (secondary N) is 1. The Bertz CT molecular complexity index is 446. The molecule has 5 heteroatoms. The third kappa shape index (κ3) is 3.16. The molecule has 0 unspecified atom stereocenters. The molecule has 1 amide bonds. The van der Waals surface area contributed by atoms with Gasteiger partial charge in [0.25, 0.3) is 5.91 Å². The molecule has 0 fully saturated rings. The zero-order valence-corrected chi connectivity index (χ0v) is 10.7. The van der Waals surface area contributed by atoms with Crippen molar-refractivity contribution in [1.29, 1.82) is 0 Å². The Balaban J connectivity index is 3.09. The number of carbonyl (C=O) groups is 1. The molecule has 0 bridgehead atoms. The number of hydrogen-bond donors (Lipinski definition) is 1. The van der Waals surface area contributed by atoms with Crippen molar-refractivity contribution in [3.8, 4) is 0 Å². The van der Waals surface area contributed by atoms with Crippen molar-refractivity contribution < 1.29 is 13.6 Å². The van der Waals surface area contributed by atoms with Crippen LogP contribution in [0.25, 0.3) is 0 Å². The number of alkyl halides is 1. The number of amides is 1. The van der Waals surface area contributed by atoms with Gasteiger partial charge in [0.1, 0.15) is 17.2 Å². The number of rotatable bonds is 3. The van der Waals surface area contributed by atoms with Gasteiger partial charge in [0, 0.05) is 11.4 Å². The van der Waals surface area contributed by atoms with Crippen molar-refractivity contribution >= 4 is 17.5 Å². The third-order valence-electron chi connectivity index (χ3n) is 2.30. The SMILES string of the molecule is Cc1ccc(F)c(C(=O)NC(C)(C)CCl)c1F. The Kier molecular flexibility index (Phi) is 4.09. The second kappa shape index (κ2) is 5.00. The fourth-order valence-corrected chi connectivity index (χ4v) is 1.33. The molecule has 0 spiro atoms. The zero-order chi connectivity index (χ0) is 13.2. The fraction of sp³-hybridized carbons (Fsp3) is 0.417. The Morgan fingerprint density at radius 3 is 2.53 bits per heavy atom. The van der Waals surface area contributed by atoms with E-state index in [0.717, 1.165) is 6.07 Å². The van der Waals surface area contributed by atoms with Crippen LogP contribution in [0, 0.1) is 18.6 Å². The monoisotopic (exact) mass is 261 g/mol. The summed E-state index contributed by atoms with van der Waals surface area (Å²) in [5.74, 6) is -2.37. The predicted molar refractivity (Wildman–Crippen MR) is 63.4 cm³/mol. The molecule has 0 aliphatic carbocycles. The van der Waals surface area contributed by atoms with Crippen LogP contribution >= 0.6 is 11.6 Å². The van der Waals surface area contributed by atoms with Crippen LogP contribution in [-0.2, 0) is 0 Å². The Labute approximate surface area is 104 Å². The van der Waals surface area contributed by atoms with Gasteiger partial charge in [-0.1, -0.05) is 6.07 Å². The minimum Gasteiger partial charge on any atom is -0.346 e. The second-order valence-corrected chi connectivity index (χ2v) is 4.79. The van der Waals surface area contributed by atoms with Crippen molar-refractivity contribution in [2.24, 2.45) is 0 Å². The lowest BCUT2D eigenvalue weighted by atomic mass is 10.1. The van der Waals surface area contributed by atoms with Gasteiger partial charge in [0.05, 0.1) is 0 Å². The quantitative estimate of drug-likeness (QED) is 0.833. The van der Waals surface area contributed by atoms with Crippen molar-refractivity contribution in [1.82, 2.24) is 5.32 Å². The summed E-state index contributed by atoms with van der Waals surface area (Å²) in [6.07, 6.45) is 0. The molecule has 0 aromatic heterocycles. The van der Waals surface area contributed by atoms with Gasteiger partial charge in [0.15, 0.2) is 0 Å². The van der Waals surface area contributed by atoms with Gasteiger partial charge in [-0.05, 0) is 32.4 Å². The van der Waals surface area contributed by atoms with E-state index in [0.29, 0.717) is 0 Å². The van der Waals surface area contributed by atoms with Crippen LogP contribution in [0.5, 0.6) is 0 Å². The highest BCUT2D eigenvalue weighted by atomic mass is 35.5. The van der Waals surface area contributed by atoms with Crippen molar-refractivity contribution in [3.63, 3.8) is 0 Å². The molecule has 0 atom stereocenters. The van der Waals surface area contributed by atoms with E-state index in [4.69, 9.17) is 11.6 Å². The van der Waals surface area contributed by atoms with E-state index in [1.54, 1.807) is 13.8 Å². The van der Waals surface area contributed by atoms with Crippen molar-refractivity contribution in [3.05, 3.63) is 34.9 Å². The second-order valence-electron chi connectivity index (χ2n) is 4.52. The van der Waals surface area contributed by atoms with E-state index in [9.17, 15) is 13.6 Å². The van der Waals surface area contributed by atoms with E-state index in [-0.39, 0.29) is 11.4 Å². The van der Waals surface area contributed by atoms with Gasteiger partial charge in [-0.25, -0.2) is 8.78 Å². The highest BCUT2D eigenvalue weighted by molar-refractivity contribution is 6.18. The minimum absolute atomic E-state index is 0.147. The largest absolute Gasteiger partial charge is 0.346 e. The molecule has 0 aliphatic heterocycles. The number of carbonyl (C=O) groups excluding carboxylic acids is 1. The lowest BCUT2D eigenvalue weighted by Gasteiger charge is -2.23. The van der Waals surface area contributed by atoms with Crippen LogP contribution in [0.4, 0.5) is 8.78 Å². The van der Waals surface area contributed by atoms with Gasteiger partial charge < -0.3 is 5.32 Å². The molecule has 0 aliphatic rings. The summed E-state index contributed by atoms with van der Waals surface area (Å²) >= 11 is 5.63. The number of aryl methyl sites for hydroxylation is 1. The third-order valence-corrected chi connectivity index (χ3v) is 2.97. The van der Waals surface area contributed by atoms with E-state index < -0.39 is 28.6 Å². The van der Waals surface area contributed by atoms with Crippen molar-refractivity contribution in [2.45, 2.75) is 26.3 Å². The maximum atomic E-state index is 13.7. The smallest absolute Gasteiger partial charge is 0.257 e. The predicted octanol–water partition coefficient (Wildman–Crippen LogP) is 3.02. The Morgan fingerprint density at radius 1 is 1.41 bits per heavy atom. The number of benzene rings is 1. The Hall–Kier alpha value is -1.16. The normalized spacial score (nSPS) is 11.4. The first-order valence-corrected chi connectivity index (χ1v) is 5.65. The number of halogens is 3. The van der Waals surface area contributed by atoms with Gasteiger partial charge in [0.2, 0.25) is 0 Å². The van der Waals surface area contributed by atoms with Crippen molar-refractivity contribution in [2.75, 3.05) is 5.88 Å². The summed E-state index contributed by atoms with van der Waals surface area (Å²) in [5, 5.41) is 2.48. The zero-order valence-electron chi connectivity index (χ0n) is 9.90. The summed E-state index contributed by atoms with van der Waals surface area (Å²) in [4.78, 5) is 11.8. The molecule has 0 saturated heterocycles. The molecule has 0 saturated carbocycles. The maximum Gasteiger partial charge on any atom is 0.257 e. The molecule has 1 N–H and O–H groups in total. The molecule has 0 radical (unpaired) electrons. The molecular weight excluding hydrogens is 248 g/mol. The van der Waals surface area contributed by atoms with Gasteiger partial charge >= 0.3 is 0 Å². The van der Waals surface area contributed by atoms with E-state index in [1.807, 2.05) is 0 Å². The maximum absolute atomic E-state index is 13.7. The molecule has 1 aromatic carbocycles. The fourth-order valence-electron chi connectivity index (χ4n) is 1.27. The summed E-state index contributed by atoms with van der Waals surface area (Å²) in [6.45, 7) is 4.81. The first-order chi connectivity index (χ1) is 7.78. The lowest BCUT2D eigenvalue weighted by molar-refractivity contribution is 0.0911. The highest BCUT2D eigenvalue weighted by Gasteiger charge is 2.25. The minimum atomic E-state index is -0.879. The molecule has 0 heterocycles. The number of hydrogen-bond acceptors (Lipinski definition) is 1. The summed E-state index contributed by atoms with van der Waals surface area (Å²) < 4.78 is 27.1. The topological polar surface area (TPSA) is 29.1 Å². The van der Waals surface area contributed by atoms with Crippen LogP contribution in [-0.4, -0.2) is 17.3 Å². The summed E-state index contributed by atoms with van der Waals surface area (Å²) in [5.41, 5.74) is -1.07. The van der Waals surface area contributed by atoms with Crippen LogP contribution in [0.15, 0.2) is 12.1 Å². The molecule has 1 rings (SSSR count). The molecule has 1 aromatic rings. The summed E-state index contributed by atoms with van der Waals surface area (Å²) in [7, 11) is 0. The van der Waals surface area contributed by atoms with Gasteiger partial charge in [-0.3, -0.25) is 4.79 Å². The van der Waals surface area contributed by atoms with E-state index >= 15 is 0 Å². The highest BCUT2D eigenvalue weighted by Crippen LogP contribution is 2.17. The van der Waals surface area contributed by atoms with E-state index in [2.05, 4.69) is 5.32 Å². The van der Waals surface area contributed by atoms with Gasteiger partial charge in [-0.2, -0.15) is 0 Å². The first kappa shape index (κ1) is 13.9. The van der Waals surface area contributed by atoms with Crippen LogP contribution in [0.2, 0.25) is 0 Å². The first-order valence-electron chi connectivity index (χ1n) is 5.11. The molecule has 94 valence electrons. The molecular formula is C12H14ClF2NO. The average Bonchev–Trinajstić information content (AvgIpc) is 2.23. The molecule has 17 heavy (non-hydrogen) atoms. The van der Waals surface area contributed by atoms with Gasteiger partial charge in [-0.15, -0.1) is 11.6 Å².